The predicted octanol–water partition coefficient (Wildman–Crippen LogP) is 3.75. The highest BCUT2D eigenvalue weighted by Gasteiger charge is 2.14. The maximum atomic E-state index is 11.8. The maximum absolute atomic E-state index is 11.8. The zero-order valence-corrected chi connectivity index (χ0v) is 11.9. The number of benzene rings is 1. The smallest absolute Gasteiger partial charge is 0.251 e. The molecule has 4 heteroatoms. The Morgan fingerprint density at radius 1 is 1.28 bits per heavy atom. The quantitative estimate of drug-likeness (QED) is 0.834. The van der Waals surface area contributed by atoms with Crippen LogP contribution >= 0.6 is 23.4 Å². The zero-order chi connectivity index (χ0) is 12.8. The molecule has 1 amide bonds. The average molecular weight is 284 g/mol. The Bertz CT molecular complexity index is 387. The third-order valence-electron chi connectivity index (χ3n) is 3.15. The van der Waals surface area contributed by atoms with Gasteiger partial charge in [-0.05, 0) is 37.1 Å². The molecule has 2 rings (SSSR count). The molecule has 1 aliphatic rings. The van der Waals surface area contributed by atoms with Crippen LogP contribution in [0.2, 0.25) is 5.02 Å². The number of amides is 1. The summed E-state index contributed by atoms with van der Waals surface area (Å²) in [5.74, 6) is 0.989. The van der Waals surface area contributed by atoms with E-state index in [2.05, 4.69) is 5.32 Å². The topological polar surface area (TPSA) is 29.1 Å². The van der Waals surface area contributed by atoms with E-state index in [-0.39, 0.29) is 5.91 Å². The molecule has 0 aliphatic heterocycles. The van der Waals surface area contributed by atoms with Crippen LogP contribution in [-0.4, -0.2) is 23.5 Å². The molecule has 1 aromatic rings. The fourth-order valence-corrected chi connectivity index (χ4v) is 3.49. The van der Waals surface area contributed by atoms with Gasteiger partial charge in [-0.1, -0.05) is 24.4 Å². The second-order valence-corrected chi connectivity index (χ2v) is 6.38. The summed E-state index contributed by atoms with van der Waals surface area (Å²) >= 11 is 7.77. The van der Waals surface area contributed by atoms with E-state index in [1.165, 1.54) is 25.7 Å². The first kappa shape index (κ1) is 13.8. The molecule has 0 saturated heterocycles. The Balaban J connectivity index is 1.66. The van der Waals surface area contributed by atoms with Crippen molar-refractivity contribution in [3.05, 3.63) is 34.9 Å². The lowest BCUT2D eigenvalue weighted by molar-refractivity contribution is 0.0956. The molecule has 0 unspecified atom stereocenters. The van der Waals surface area contributed by atoms with Crippen LogP contribution in [0, 0.1) is 0 Å². The Hall–Kier alpha value is -0.670. The lowest BCUT2D eigenvalue weighted by Gasteiger charge is -2.09. The Kier molecular flexibility index (Phi) is 5.39. The molecule has 1 aliphatic carbocycles. The van der Waals surface area contributed by atoms with Gasteiger partial charge in [-0.2, -0.15) is 11.8 Å². The summed E-state index contributed by atoms with van der Waals surface area (Å²) in [4.78, 5) is 11.8. The van der Waals surface area contributed by atoms with E-state index < -0.39 is 0 Å². The highest BCUT2D eigenvalue weighted by Crippen LogP contribution is 2.28. The number of hydrogen-bond acceptors (Lipinski definition) is 2. The first-order valence-corrected chi connectivity index (χ1v) is 7.84. The summed E-state index contributed by atoms with van der Waals surface area (Å²) < 4.78 is 0. The zero-order valence-electron chi connectivity index (χ0n) is 10.3. The summed E-state index contributed by atoms with van der Waals surface area (Å²) in [5.41, 5.74) is 0.672. The van der Waals surface area contributed by atoms with Gasteiger partial charge in [0.25, 0.3) is 5.91 Å². The van der Waals surface area contributed by atoms with E-state index >= 15 is 0 Å². The van der Waals surface area contributed by atoms with Crippen molar-refractivity contribution in [2.45, 2.75) is 30.9 Å². The molecule has 0 bridgehead atoms. The minimum atomic E-state index is -0.0151. The average Bonchev–Trinajstić information content (AvgIpc) is 2.88. The van der Waals surface area contributed by atoms with E-state index in [4.69, 9.17) is 11.6 Å². The van der Waals surface area contributed by atoms with E-state index in [0.717, 1.165) is 17.5 Å². The second-order valence-electron chi connectivity index (χ2n) is 4.54. The molecule has 0 aromatic heterocycles. The SMILES string of the molecule is O=C(NCCSC1CCCC1)c1ccc(Cl)cc1. The fourth-order valence-electron chi connectivity index (χ4n) is 2.15. The number of halogens is 1. The van der Waals surface area contributed by atoms with Gasteiger partial charge in [0, 0.05) is 28.1 Å². The lowest BCUT2D eigenvalue weighted by atomic mass is 10.2. The Labute approximate surface area is 117 Å². The van der Waals surface area contributed by atoms with Crippen molar-refractivity contribution in [3.8, 4) is 0 Å². The largest absolute Gasteiger partial charge is 0.351 e. The monoisotopic (exact) mass is 283 g/mol. The minimum absolute atomic E-state index is 0.0151. The molecule has 0 radical (unpaired) electrons. The molecule has 98 valence electrons. The highest BCUT2D eigenvalue weighted by atomic mass is 35.5. The highest BCUT2D eigenvalue weighted by molar-refractivity contribution is 7.99. The summed E-state index contributed by atoms with van der Waals surface area (Å²) in [7, 11) is 0. The molecule has 18 heavy (non-hydrogen) atoms. The van der Waals surface area contributed by atoms with Crippen molar-refractivity contribution in [1.82, 2.24) is 5.32 Å². The molecular formula is C14H18ClNOS. The summed E-state index contributed by atoms with van der Waals surface area (Å²) in [6, 6.07) is 6.98. The van der Waals surface area contributed by atoms with Gasteiger partial charge in [-0.25, -0.2) is 0 Å². The van der Waals surface area contributed by atoms with Crippen molar-refractivity contribution in [2.24, 2.45) is 0 Å². The Morgan fingerprint density at radius 3 is 2.61 bits per heavy atom. The molecular weight excluding hydrogens is 266 g/mol. The van der Waals surface area contributed by atoms with Gasteiger partial charge in [0.05, 0.1) is 0 Å². The van der Waals surface area contributed by atoms with Gasteiger partial charge in [0.15, 0.2) is 0 Å². The summed E-state index contributed by atoms with van der Waals surface area (Å²) in [5, 5.41) is 4.41. The molecule has 2 nitrogen and oxygen atoms in total. The fraction of sp³-hybridized carbons (Fsp3) is 0.500. The predicted molar refractivity (Wildman–Crippen MR) is 78.5 cm³/mol. The van der Waals surface area contributed by atoms with E-state index in [1.807, 2.05) is 11.8 Å². The molecule has 1 saturated carbocycles. The van der Waals surface area contributed by atoms with Crippen molar-refractivity contribution >= 4 is 29.3 Å². The van der Waals surface area contributed by atoms with Gasteiger partial charge < -0.3 is 5.32 Å². The second kappa shape index (κ2) is 7.05. The third-order valence-corrected chi connectivity index (χ3v) is 4.78. The van der Waals surface area contributed by atoms with Gasteiger partial charge in [-0.15, -0.1) is 0 Å². The van der Waals surface area contributed by atoms with Crippen molar-refractivity contribution in [2.75, 3.05) is 12.3 Å². The molecule has 1 fully saturated rings. The number of nitrogens with one attached hydrogen (secondary N) is 1. The molecule has 0 spiro atoms. The van der Waals surface area contributed by atoms with Gasteiger partial charge >= 0.3 is 0 Å². The molecule has 0 atom stereocenters. The number of hydrogen-bond donors (Lipinski definition) is 1. The maximum Gasteiger partial charge on any atom is 0.251 e. The van der Waals surface area contributed by atoms with Crippen molar-refractivity contribution in [3.63, 3.8) is 0 Å². The van der Waals surface area contributed by atoms with E-state index in [1.54, 1.807) is 24.3 Å². The van der Waals surface area contributed by atoms with Crippen LogP contribution in [0.15, 0.2) is 24.3 Å². The first-order chi connectivity index (χ1) is 8.75. The van der Waals surface area contributed by atoms with Crippen LogP contribution in [0.25, 0.3) is 0 Å². The first-order valence-electron chi connectivity index (χ1n) is 6.41. The lowest BCUT2D eigenvalue weighted by Crippen LogP contribution is -2.26. The van der Waals surface area contributed by atoms with Crippen molar-refractivity contribution < 1.29 is 4.79 Å². The molecule has 0 heterocycles. The number of carbonyl (C=O) groups excluding carboxylic acids is 1. The van der Waals surface area contributed by atoms with Gasteiger partial charge in [0.1, 0.15) is 0 Å². The van der Waals surface area contributed by atoms with Crippen LogP contribution in [0.1, 0.15) is 36.0 Å². The summed E-state index contributed by atoms with van der Waals surface area (Å²) in [6.45, 7) is 0.739. The Morgan fingerprint density at radius 2 is 1.94 bits per heavy atom. The number of carbonyl (C=O) groups is 1. The van der Waals surface area contributed by atoms with Gasteiger partial charge in [-0.3, -0.25) is 4.79 Å². The van der Waals surface area contributed by atoms with E-state index in [9.17, 15) is 4.79 Å². The van der Waals surface area contributed by atoms with Crippen molar-refractivity contribution in [1.29, 1.82) is 0 Å². The van der Waals surface area contributed by atoms with Crippen LogP contribution in [0.5, 0.6) is 0 Å². The third kappa shape index (κ3) is 4.21. The molecule has 1 N–H and O–H groups in total. The number of rotatable bonds is 5. The van der Waals surface area contributed by atoms with E-state index in [0.29, 0.717) is 10.6 Å². The minimum Gasteiger partial charge on any atom is -0.351 e. The van der Waals surface area contributed by atoms with Gasteiger partial charge in [0.2, 0.25) is 0 Å². The normalized spacial score (nSPS) is 15.8. The standard InChI is InChI=1S/C14H18ClNOS/c15-12-7-5-11(6-8-12)14(17)16-9-10-18-13-3-1-2-4-13/h5-8,13H,1-4,9-10H2,(H,16,17). The van der Waals surface area contributed by atoms with Crippen LogP contribution in [0.4, 0.5) is 0 Å². The summed E-state index contributed by atoms with van der Waals surface area (Å²) in [6.07, 6.45) is 5.43. The van der Waals surface area contributed by atoms with Crippen LogP contribution in [0.3, 0.4) is 0 Å². The van der Waals surface area contributed by atoms with Crippen LogP contribution < -0.4 is 5.32 Å². The molecule has 1 aromatic carbocycles. The van der Waals surface area contributed by atoms with Crippen LogP contribution in [-0.2, 0) is 0 Å². The number of thioether (sulfide) groups is 1.